The molecule has 0 aromatic heterocycles. The van der Waals surface area contributed by atoms with Crippen molar-refractivity contribution >= 4 is 11.8 Å². The molecule has 2 heterocycles. The second-order valence-electron chi connectivity index (χ2n) is 6.60. The molecular formula is C15H24N2O3. The average Bonchev–Trinajstić information content (AvgIpc) is 3.21. The van der Waals surface area contributed by atoms with Crippen molar-refractivity contribution in [1.29, 1.82) is 0 Å². The summed E-state index contributed by atoms with van der Waals surface area (Å²) in [5.41, 5.74) is 0. The Bertz CT molecular complexity index is 406. The van der Waals surface area contributed by atoms with E-state index in [-0.39, 0.29) is 30.4 Å². The Morgan fingerprint density at radius 1 is 1.30 bits per heavy atom. The molecule has 1 saturated carbocycles. The van der Waals surface area contributed by atoms with Crippen LogP contribution in [0.1, 0.15) is 39.5 Å². The van der Waals surface area contributed by atoms with Gasteiger partial charge in [0.15, 0.2) is 0 Å². The van der Waals surface area contributed by atoms with Gasteiger partial charge in [-0.25, -0.2) is 0 Å². The predicted octanol–water partition coefficient (Wildman–Crippen LogP) is 1.23. The topological polar surface area (TPSA) is 49.9 Å². The number of carbonyl (C=O) groups is 2. The van der Waals surface area contributed by atoms with Crippen LogP contribution in [0, 0.1) is 11.8 Å². The summed E-state index contributed by atoms with van der Waals surface area (Å²) in [6.45, 7) is 5.70. The molecule has 0 unspecified atom stereocenters. The summed E-state index contributed by atoms with van der Waals surface area (Å²) in [5, 5.41) is 0. The summed E-state index contributed by atoms with van der Waals surface area (Å²) in [6.07, 6.45) is 4.01. The van der Waals surface area contributed by atoms with E-state index in [1.807, 2.05) is 4.90 Å². The van der Waals surface area contributed by atoms with E-state index in [1.165, 1.54) is 0 Å². The first kappa shape index (κ1) is 13.9. The van der Waals surface area contributed by atoms with Gasteiger partial charge in [0, 0.05) is 12.6 Å². The molecule has 3 aliphatic rings. The van der Waals surface area contributed by atoms with Crippen molar-refractivity contribution in [1.82, 2.24) is 9.80 Å². The molecule has 0 aromatic rings. The Morgan fingerprint density at radius 3 is 2.70 bits per heavy atom. The molecule has 2 saturated heterocycles. The highest BCUT2D eigenvalue weighted by Crippen LogP contribution is 2.32. The third-order valence-corrected chi connectivity index (χ3v) is 4.61. The van der Waals surface area contributed by atoms with Gasteiger partial charge in [-0.15, -0.1) is 0 Å². The van der Waals surface area contributed by atoms with Crippen molar-refractivity contribution in [3.8, 4) is 0 Å². The van der Waals surface area contributed by atoms with Crippen LogP contribution in [0.3, 0.4) is 0 Å². The van der Waals surface area contributed by atoms with E-state index in [0.29, 0.717) is 18.6 Å². The van der Waals surface area contributed by atoms with Gasteiger partial charge in [0.25, 0.3) is 0 Å². The maximum atomic E-state index is 12.7. The summed E-state index contributed by atoms with van der Waals surface area (Å²) < 4.78 is 5.80. The van der Waals surface area contributed by atoms with Gasteiger partial charge < -0.3 is 14.5 Å². The van der Waals surface area contributed by atoms with Gasteiger partial charge in [-0.2, -0.15) is 0 Å². The molecule has 5 heteroatoms. The molecule has 0 radical (unpaired) electrons. The summed E-state index contributed by atoms with van der Waals surface area (Å²) >= 11 is 0. The normalized spacial score (nSPS) is 31.2. The molecule has 2 amide bonds. The molecule has 3 fully saturated rings. The number of amides is 2. The number of hydrogen-bond acceptors (Lipinski definition) is 3. The molecule has 5 nitrogen and oxygen atoms in total. The molecule has 0 spiro atoms. The van der Waals surface area contributed by atoms with Crippen LogP contribution in [0.2, 0.25) is 0 Å². The smallest absolute Gasteiger partial charge is 0.243 e. The maximum Gasteiger partial charge on any atom is 0.243 e. The molecule has 20 heavy (non-hydrogen) atoms. The maximum absolute atomic E-state index is 12.7. The number of hydrogen-bond donors (Lipinski definition) is 0. The summed E-state index contributed by atoms with van der Waals surface area (Å²) in [7, 11) is 0. The van der Waals surface area contributed by atoms with E-state index in [1.54, 1.807) is 4.90 Å². The number of rotatable bonds is 3. The number of ether oxygens (including phenoxy) is 1. The van der Waals surface area contributed by atoms with Crippen LogP contribution in [0.25, 0.3) is 0 Å². The first-order chi connectivity index (χ1) is 9.58. The lowest BCUT2D eigenvalue weighted by molar-refractivity contribution is -0.147. The van der Waals surface area contributed by atoms with Crippen molar-refractivity contribution < 1.29 is 14.3 Å². The summed E-state index contributed by atoms with van der Waals surface area (Å²) in [6, 6.07) is 0.392. The highest BCUT2D eigenvalue weighted by atomic mass is 16.5. The van der Waals surface area contributed by atoms with Gasteiger partial charge in [0.2, 0.25) is 11.8 Å². The highest BCUT2D eigenvalue weighted by Gasteiger charge is 2.43. The molecule has 3 rings (SSSR count). The van der Waals surface area contributed by atoms with Crippen LogP contribution in [0.15, 0.2) is 0 Å². The van der Waals surface area contributed by atoms with Gasteiger partial charge in [0.05, 0.1) is 18.7 Å². The molecule has 0 bridgehead atoms. The van der Waals surface area contributed by atoms with Gasteiger partial charge >= 0.3 is 0 Å². The second-order valence-corrected chi connectivity index (χ2v) is 6.60. The molecule has 0 N–H and O–H groups in total. The quantitative estimate of drug-likeness (QED) is 0.781. The molecule has 1 aliphatic carbocycles. The molecule has 2 atom stereocenters. The van der Waals surface area contributed by atoms with Crippen LogP contribution in [0.4, 0.5) is 0 Å². The molecular weight excluding hydrogens is 256 g/mol. The SMILES string of the molecule is CC(C)[C@H]1OCCC[C@@H]1C(=O)N1CC(=O)N(C2CC2)C1. The number of carbonyl (C=O) groups excluding carboxylic acids is 2. The van der Waals surface area contributed by atoms with E-state index < -0.39 is 0 Å². The minimum Gasteiger partial charge on any atom is -0.377 e. The summed E-state index contributed by atoms with van der Waals surface area (Å²) in [4.78, 5) is 28.3. The molecule has 112 valence electrons. The fourth-order valence-electron chi connectivity index (χ4n) is 3.38. The molecule has 0 aromatic carbocycles. The second kappa shape index (κ2) is 5.35. The first-order valence-corrected chi connectivity index (χ1v) is 7.78. The van der Waals surface area contributed by atoms with Gasteiger partial charge in [-0.1, -0.05) is 13.8 Å². The predicted molar refractivity (Wildman–Crippen MR) is 73.8 cm³/mol. The fraction of sp³-hybridized carbons (Fsp3) is 0.867. The Kier molecular flexibility index (Phi) is 3.71. The van der Waals surface area contributed by atoms with Crippen LogP contribution < -0.4 is 0 Å². The fourth-order valence-corrected chi connectivity index (χ4v) is 3.38. The average molecular weight is 280 g/mol. The highest BCUT2D eigenvalue weighted by molar-refractivity contribution is 5.89. The zero-order chi connectivity index (χ0) is 14.3. The van der Waals surface area contributed by atoms with Crippen LogP contribution in [-0.2, 0) is 14.3 Å². The van der Waals surface area contributed by atoms with Crippen molar-refractivity contribution in [2.75, 3.05) is 19.8 Å². The van der Waals surface area contributed by atoms with Crippen LogP contribution in [-0.4, -0.2) is 53.6 Å². The Morgan fingerprint density at radius 2 is 2.05 bits per heavy atom. The van der Waals surface area contributed by atoms with E-state index in [9.17, 15) is 9.59 Å². The van der Waals surface area contributed by atoms with Crippen molar-refractivity contribution in [3.63, 3.8) is 0 Å². The standard InChI is InChI=1S/C15H24N2O3/c1-10(2)14-12(4-3-7-20-14)15(19)16-8-13(18)17(9-16)11-5-6-11/h10-12,14H,3-9H2,1-2H3/t12-,14+/m0/s1. The van der Waals surface area contributed by atoms with Crippen molar-refractivity contribution in [2.24, 2.45) is 11.8 Å². The largest absolute Gasteiger partial charge is 0.377 e. The van der Waals surface area contributed by atoms with Crippen LogP contribution >= 0.6 is 0 Å². The first-order valence-electron chi connectivity index (χ1n) is 7.78. The van der Waals surface area contributed by atoms with E-state index in [4.69, 9.17) is 4.74 Å². The van der Waals surface area contributed by atoms with Gasteiger partial charge in [-0.05, 0) is 31.6 Å². The van der Waals surface area contributed by atoms with Crippen LogP contribution in [0.5, 0.6) is 0 Å². The summed E-state index contributed by atoms with van der Waals surface area (Å²) in [5.74, 6) is 0.483. The monoisotopic (exact) mass is 280 g/mol. The zero-order valence-corrected chi connectivity index (χ0v) is 12.4. The third kappa shape index (κ3) is 2.55. The minimum absolute atomic E-state index is 0.00123. The van der Waals surface area contributed by atoms with E-state index in [2.05, 4.69) is 13.8 Å². The lowest BCUT2D eigenvalue weighted by Crippen LogP contribution is -2.45. The van der Waals surface area contributed by atoms with Crippen molar-refractivity contribution in [2.45, 2.75) is 51.7 Å². The third-order valence-electron chi connectivity index (χ3n) is 4.61. The number of nitrogens with zero attached hydrogens (tertiary/aromatic N) is 2. The Hall–Kier alpha value is -1.10. The van der Waals surface area contributed by atoms with Crippen molar-refractivity contribution in [3.05, 3.63) is 0 Å². The molecule has 2 aliphatic heterocycles. The van der Waals surface area contributed by atoms with E-state index >= 15 is 0 Å². The van der Waals surface area contributed by atoms with Gasteiger partial charge in [-0.3, -0.25) is 9.59 Å². The Labute approximate surface area is 120 Å². The Balaban J connectivity index is 1.67. The lowest BCUT2D eigenvalue weighted by atomic mass is 9.86. The lowest BCUT2D eigenvalue weighted by Gasteiger charge is -2.35. The van der Waals surface area contributed by atoms with Gasteiger partial charge in [0.1, 0.15) is 6.54 Å². The minimum atomic E-state index is -0.0734. The zero-order valence-electron chi connectivity index (χ0n) is 12.4. The van der Waals surface area contributed by atoms with E-state index in [0.717, 1.165) is 32.3 Å².